The summed E-state index contributed by atoms with van der Waals surface area (Å²) in [5.74, 6) is 0.904. The molecule has 0 radical (unpaired) electrons. The van der Waals surface area contributed by atoms with Crippen molar-refractivity contribution in [2.24, 2.45) is 5.73 Å². The average Bonchev–Trinajstić information content (AvgIpc) is 2.95. The van der Waals surface area contributed by atoms with Crippen LogP contribution in [-0.2, 0) is 17.9 Å². The topological polar surface area (TPSA) is 112 Å². The molecule has 0 bridgehead atoms. The average molecular weight is 250 g/mol. The predicted octanol–water partition coefficient (Wildman–Crippen LogP) is 0.0620. The van der Waals surface area contributed by atoms with Crippen LogP contribution in [0.25, 0.3) is 0 Å². The molecular weight excluding hydrogens is 236 g/mol. The van der Waals surface area contributed by atoms with E-state index in [9.17, 15) is 4.79 Å². The number of nitrogens with one attached hydrogen (secondary N) is 1. The summed E-state index contributed by atoms with van der Waals surface area (Å²) in [6.45, 7) is 2.53. The summed E-state index contributed by atoms with van der Waals surface area (Å²) in [5, 5.41) is 14.0. The van der Waals surface area contributed by atoms with Crippen LogP contribution in [0.3, 0.4) is 0 Å². The Labute approximate surface area is 103 Å². The molecule has 8 heteroatoms. The normalized spacial score (nSPS) is 10.6. The van der Waals surface area contributed by atoms with E-state index >= 15 is 0 Å². The van der Waals surface area contributed by atoms with E-state index in [-0.39, 0.29) is 12.3 Å². The van der Waals surface area contributed by atoms with Gasteiger partial charge in [-0.25, -0.2) is 0 Å². The van der Waals surface area contributed by atoms with Crippen molar-refractivity contribution in [2.45, 2.75) is 26.4 Å². The van der Waals surface area contributed by atoms with E-state index < -0.39 is 0 Å². The molecule has 18 heavy (non-hydrogen) atoms. The maximum atomic E-state index is 11.6. The highest BCUT2D eigenvalue weighted by Crippen LogP contribution is 2.07. The van der Waals surface area contributed by atoms with Gasteiger partial charge in [0.05, 0.1) is 12.2 Å². The zero-order valence-electron chi connectivity index (χ0n) is 9.96. The number of amides is 1. The van der Waals surface area contributed by atoms with E-state index in [1.165, 1.54) is 0 Å². The smallest absolute Gasteiger partial charge is 0.227 e. The number of hydrogen-bond acceptors (Lipinski definition) is 6. The Morgan fingerprint density at radius 3 is 3.06 bits per heavy atom. The zero-order chi connectivity index (χ0) is 13.0. The lowest BCUT2D eigenvalue weighted by atomic mass is 10.4. The van der Waals surface area contributed by atoms with Gasteiger partial charge in [0, 0.05) is 25.2 Å². The fourth-order valence-electron chi connectivity index (χ4n) is 1.39. The third kappa shape index (κ3) is 3.14. The van der Waals surface area contributed by atoms with E-state index in [2.05, 4.69) is 20.8 Å². The highest BCUT2D eigenvalue weighted by molar-refractivity contribution is 5.89. The minimum absolute atomic E-state index is 0.159. The molecule has 0 aliphatic rings. The summed E-state index contributed by atoms with van der Waals surface area (Å²) in [7, 11) is 0. The highest BCUT2D eigenvalue weighted by Gasteiger charge is 2.07. The van der Waals surface area contributed by atoms with Crippen LogP contribution in [0.4, 0.5) is 5.82 Å². The molecule has 1 amide bonds. The second kappa shape index (κ2) is 5.41. The Kier molecular flexibility index (Phi) is 3.68. The Bertz CT molecular complexity index is 532. The number of anilines is 1. The van der Waals surface area contributed by atoms with Gasteiger partial charge in [0.15, 0.2) is 5.82 Å². The minimum Gasteiger partial charge on any atom is -0.360 e. The van der Waals surface area contributed by atoms with Crippen molar-refractivity contribution in [3.05, 3.63) is 23.7 Å². The standard InChI is InChI=1S/C10H14N6O2/c1-7-4-9(14-18-7)12-10(17)2-3-16-6-8(5-11)13-15-16/h4,6H,2-3,5,11H2,1H3,(H,12,14,17). The molecule has 2 rings (SSSR count). The summed E-state index contributed by atoms with van der Waals surface area (Å²) < 4.78 is 6.42. The Balaban J connectivity index is 1.81. The van der Waals surface area contributed by atoms with Gasteiger partial charge in [0.1, 0.15) is 5.76 Å². The maximum absolute atomic E-state index is 11.6. The Hall–Kier alpha value is -2.22. The summed E-state index contributed by atoms with van der Waals surface area (Å²) in [4.78, 5) is 11.6. The van der Waals surface area contributed by atoms with Crippen molar-refractivity contribution in [3.8, 4) is 0 Å². The van der Waals surface area contributed by atoms with Crippen molar-refractivity contribution in [1.82, 2.24) is 20.2 Å². The van der Waals surface area contributed by atoms with E-state index in [0.29, 0.717) is 30.4 Å². The lowest BCUT2D eigenvalue weighted by Crippen LogP contribution is -2.15. The molecule has 8 nitrogen and oxygen atoms in total. The number of nitrogens with zero attached hydrogens (tertiary/aromatic N) is 4. The van der Waals surface area contributed by atoms with E-state index in [1.807, 2.05) is 0 Å². The van der Waals surface area contributed by atoms with Gasteiger partial charge < -0.3 is 15.6 Å². The molecule has 2 heterocycles. The van der Waals surface area contributed by atoms with Crippen molar-refractivity contribution in [3.63, 3.8) is 0 Å². The summed E-state index contributed by atoms with van der Waals surface area (Å²) in [6.07, 6.45) is 1.99. The van der Waals surface area contributed by atoms with Gasteiger partial charge in [-0.3, -0.25) is 9.48 Å². The van der Waals surface area contributed by atoms with E-state index in [0.717, 1.165) is 0 Å². The molecule has 0 saturated heterocycles. The van der Waals surface area contributed by atoms with Crippen molar-refractivity contribution in [1.29, 1.82) is 0 Å². The molecule has 2 aromatic rings. The first kappa shape index (κ1) is 12.2. The fourth-order valence-corrected chi connectivity index (χ4v) is 1.39. The molecule has 0 aliphatic carbocycles. The van der Waals surface area contributed by atoms with Crippen LogP contribution in [0.15, 0.2) is 16.8 Å². The van der Waals surface area contributed by atoms with Gasteiger partial charge in [0.25, 0.3) is 0 Å². The first-order chi connectivity index (χ1) is 8.67. The van der Waals surface area contributed by atoms with Gasteiger partial charge in [-0.15, -0.1) is 5.10 Å². The van der Waals surface area contributed by atoms with Crippen LogP contribution >= 0.6 is 0 Å². The zero-order valence-corrected chi connectivity index (χ0v) is 9.96. The van der Waals surface area contributed by atoms with Crippen LogP contribution in [0.2, 0.25) is 0 Å². The molecule has 0 unspecified atom stereocenters. The third-order valence-corrected chi connectivity index (χ3v) is 2.26. The Morgan fingerprint density at radius 1 is 1.61 bits per heavy atom. The van der Waals surface area contributed by atoms with Crippen LogP contribution in [0.1, 0.15) is 17.9 Å². The fraction of sp³-hybridized carbons (Fsp3) is 0.400. The van der Waals surface area contributed by atoms with Crippen LogP contribution in [-0.4, -0.2) is 26.1 Å². The molecule has 0 saturated carbocycles. The molecule has 0 spiro atoms. The van der Waals surface area contributed by atoms with Crippen LogP contribution < -0.4 is 11.1 Å². The Morgan fingerprint density at radius 2 is 2.44 bits per heavy atom. The lowest BCUT2D eigenvalue weighted by Gasteiger charge is -2.00. The van der Waals surface area contributed by atoms with Gasteiger partial charge in [-0.1, -0.05) is 10.4 Å². The molecular formula is C10H14N6O2. The number of aryl methyl sites for hydroxylation is 2. The number of aromatic nitrogens is 4. The predicted molar refractivity (Wildman–Crippen MR) is 62.4 cm³/mol. The van der Waals surface area contributed by atoms with E-state index in [1.54, 1.807) is 23.9 Å². The monoisotopic (exact) mass is 250 g/mol. The number of hydrogen-bond donors (Lipinski definition) is 2. The second-order valence-corrected chi connectivity index (χ2v) is 3.80. The van der Waals surface area contributed by atoms with Crippen molar-refractivity contribution in [2.75, 3.05) is 5.32 Å². The third-order valence-electron chi connectivity index (χ3n) is 2.26. The SMILES string of the molecule is Cc1cc(NC(=O)CCn2cc(CN)nn2)no1. The molecule has 0 aliphatic heterocycles. The van der Waals surface area contributed by atoms with Gasteiger partial charge in [-0.2, -0.15) is 0 Å². The molecule has 0 fully saturated rings. The highest BCUT2D eigenvalue weighted by atomic mass is 16.5. The minimum atomic E-state index is -0.159. The van der Waals surface area contributed by atoms with Gasteiger partial charge >= 0.3 is 0 Å². The molecule has 0 aromatic carbocycles. The summed E-state index contributed by atoms with van der Waals surface area (Å²) in [6, 6.07) is 1.65. The number of nitrogens with two attached hydrogens (primary N) is 1. The maximum Gasteiger partial charge on any atom is 0.227 e. The van der Waals surface area contributed by atoms with Crippen LogP contribution in [0, 0.1) is 6.92 Å². The molecule has 2 aromatic heterocycles. The largest absolute Gasteiger partial charge is 0.360 e. The lowest BCUT2D eigenvalue weighted by molar-refractivity contribution is -0.116. The number of carbonyl (C=O) groups is 1. The molecule has 0 atom stereocenters. The first-order valence-electron chi connectivity index (χ1n) is 5.49. The summed E-state index contributed by atoms with van der Waals surface area (Å²) in [5.41, 5.74) is 6.11. The summed E-state index contributed by atoms with van der Waals surface area (Å²) >= 11 is 0. The van der Waals surface area contributed by atoms with E-state index in [4.69, 9.17) is 10.3 Å². The van der Waals surface area contributed by atoms with Crippen molar-refractivity contribution >= 4 is 11.7 Å². The number of carbonyl (C=O) groups excluding carboxylic acids is 1. The number of rotatable bonds is 5. The second-order valence-electron chi connectivity index (χ2n) is 3.80. The molecule has 96 valence electrons. The first-order valence-corrected chi connectivity index (χ1v) is 5.49. The quantitative estimate of drug-likeness (QED) is 0.776. The van der Waals surface area contributed by atoms with Gasteiger partial charge in [-0.05, 0) is 6.92 Å². The van der Waals surface area contributed by atoms with Crippen molar-refractivity contribution < 1.29 is 9.32 Å². The van der Waals surface area contributed by atoms with Gasteiger partial charge in [0.2, 0.25) is 5.91 Å². The van der Waals surface area contributed by atoms with Crippen LogP contribution in [0.5, 0.6) is 0 Å². The molecule has 3 N–H and O–H groups in total.